The Labute approximate surface area is 80.6 Å². The predicted octanol–water partition coefficient (Wildman–Crippen LogP) is 2.99. The van der Waals surface area contributed by atoms with E-state index in [1.807, 2.05) is 6.20 Å². The van der Waals surface area contributed by atoms with Gasteiger partial charge in [-0.2, -0.15) is 0 Å². The summed E-state index contributed by atoms with van der Waals surface area (Å²) in [6, 6.07) is 0. The highest BCUT2D eigenvalue weighted by atomic mass is 35.5. The molecule has 1 rings (SSSR count). The average Bonchev–Trinajstić information content (AvgIpc) is 1.99. The lowest BCUT2D eigenvalue weighted by Gasteiger charge is -2.08. The number of nitrogens with zero attached hydrogens (tertiary/aromatic N) is 1. The number of rotatable bonds is 1. The van der Waals surface area contributed by atoms with Crippen LogP contribution in [0.5, 0.6) is 0 Å². The van der Waals surface area contributed by atoms with Crippen LogP contribution in [0.2, 0.25) is 0 Å². The van der Waals surface area contributed by atoms with Crippen molar-refractivity contribution in [3.05, 3.63) is 28.6 Å². The predicted molar refractivity (Wildman–Crippen MR) is 55.1 cm³/mol. The van der Waals surface area contributed by atoms with E-state index < -0.39 is 0 Å². The third-order valence-corrected chi connectivity index (χ3v) is 2.28. The Balaban J connectivity index is 0.00000121. The van der Waals surface area contributed by atoms with Crippen LogP contribution in [0, 0.1) is 20.8 Å². The average molecular weight is 186 g/mol. The first-order valence-electron chi connectivity index (χ1n) is 4.08. The summed E-state index contributed by atoms with van der Waals surface area (Å²) in [5, 5.41) is 0. The van der Waals surface area contributed by atoms with Crippen LogP contribution in [0.25, 0.3) is 0 Å². The van der Waals surface area contributed by atoms with Crippen LogP contribution in [0.4, 0.5) is 0 Å². The van der Waals surface area contributed by atoms with Gasteiger partial charge in [0.1, 0.15) is 0 Å². The Hall–Kier alpha value is -0.560. The number of aromatic nitrogens is 1. The SMILES string of the molecule is CCc1c(C)cnc(C)c1C.Cl. The van der Waals surface area contributed by atoms with E-state index in [0.29, 0.717) is 0 Å². The summed E-state index contributed by atoms with van der Waals surface area (Å²) >= 11 is 0. The van der Waals surface area contributed by atoms with Crippen molar-refractivity contribution in [2.45, 2.75) is 34.1 Å². The van der Waals surface area contributed by atoms with Gasteiger partial charge in [-0.25, -0.2) is 0 Å². The van der Waals surface area contributed by atoms with Gasteiger partial charge in [-0.15, -0.1) is 12.4 Å². The molecule has 0 unspecified atom stereocenters. The van der Waals surface area contributed by atoms with Crippen LogP contribution in [0.1, 0.15) is 29.3 Å². The summed E-state index contributed by atoms with van der Waals surface area (Å²) in [5.41, 5.74) is 5.29. The lowest BCUT2D eigenvalue weighted by Crippen LogP contribution is -1.96. The van der Waals surface area contributed by atoms with E-state index in [9.17, 15) is 0 Å². The van der Waals surface area contributed by atoms with Gasteiger partial charge < -0.3 is 0 Å². The summed E-state index contributed by atoms with van der Waals surface area (Å²) in [5.74, 6) is 0. The standard InChI is InChI=1S/C10H15N.ClH/c1-5-10-7(2)6-11-9(4)8(10)3;/h6H,5H2,1-4H3;1H. The minimum Gasteiger partial charge on any atom is -0.261 e. The third-order valence-electron chi connectivity index (χ3n) is 2.28. The van der Waals surface area contributed by atoms with Gasteiger partial charge in [0.25, 0.3) is 0 Å². The van der Waals surface area contributed by atoms with Crippen molar-refractivity contribution < 1.29 is 0 Å². The topological polar surface area (TPSA) is 12.9 Å². The van der Waals surface area contributed by atoms with E-state index in [2.05, 4.69) is 32.7 Å². The maximum atomic E-state index is 4.29. The van der Waals surface area contributed by atoms with Gasteiger partial charge in [0.05, 0.1) is 0 Å². The molecule has 2 heteroatoms. The van der Waals surface area contributed by atoms with E-state index in [4.69, 9.17) is 0 Å². The summed E-state index contributed by atoms with van der Waals surface area (Å²) in [6.45, 7) is 8.52. The fourth-order valence-electron chi connectivity index (χ4n) is 1.43. The Morgan fingerprint density at radius 1 is 1.25 bits per heavy atom. The quantitative estimate of drug-likeness (QED) is 0.656. The van der Waals surface area contributed by atoms with Crippen molar-refractivity contribution in [1.29, 1.82) is 0 Å². The number of hydrogen-bond donors (Lipinski definition) is 0. The van der Waals surface area contributed by atoms with Crippen molar-refractivity contribution in [2.75, 3.05) is 0 Å². The van der Waals surface area contributed by atoms with Gasteiger partial charge in [-0.05, 0) is 43.9 Å². The van der Waals surface area contributed by atoms with Crippen LogP contribution in [-0.2, 0) is 6.42 Å². The fourth-order valence-corrected chi connectivity index (χ4v) is 1.43. The monoisotopic (exact) mass is 185 g/mol. The molecule has 1 aromatic rings. The molecule has 0 spiro atoms. The molecule has 0 atom stereocenters. The summed E-state index contributed by atoms with van der Waals surface area (Å²) in [4.78, 5) is 4.29. The van der Waals surface area contributed by atoms with Crippen molar-refractivity contribution in [3.8, 4) is 0 Å². The van der Waals surface area contributed by atoms with Crippen molar-refractivity contribution in [1.82, 2.24) is 4.98 Å². The zero-order chi connectivity index (χ0) is 8.43. The van der Waals surface area contributed by atoms with Gasteiger partial charge in [-0.1, -0.05) is 6.92 Å². The van der Waals surface area contributed by atoms with Crippen LogP contribution in [0.3, 0.4) is 0 Å². The molecule has 0 aliphatic heterocycles. The van der Waals surface area contributed by atoms with Crippen molar-refractivity contribution in [3.63, 3.8) is 0 Å². The molecule has 0 amide bonds. The maximum Gasteiger partial charge on any atom is 0.0404 e. The van der Waals surface area contributed by atoms with E-state index in [-0.39, 0.29) is 12.4 Å². The summed E-state index contributed by atoms with van der Waals surface area (Å²) in [6.07, 6.45) is 3.07. The second-order valence-corrected chi connectivity index (χ2v) is 2.98. The number of halogens is 1. The van der Waals surface area contributed by atoms with E-state index >= 15 is 0 Å². The van der Waals surface area contributed by atoms with E-state index in [1.54, 1.807) is 0 Å². The lowest BCUT2D eigenvalue weighted by molar-refractivity contribution is 1.02. The Kier molecular flexibility index (Phi) is 4.25. The lowest BCUT2D eigenvalue weighted by atomic mass is 10.0. The van der Waals surface area contributed by atoms with Crippen LogP contribution < -0.4 is 0 Å². The number of hydrogen-bond acceptors (Lipinski definition) is 1. The van der Waals surface area contributed by atoms with Gasteiger partial charge in [-0.3, -0.25) is 4.98 Å². The van der Waals surface area contributed by atoms with E-state index in [1.165, 1.54) is 16.7 Å². The highest BCUT2D eigenvalue weighted by Gasteiger charge is 2.02. The minimum absolute atomic E-state index is 0. The first-order valence-corrected chi connectivity index (χ1v) is 4.08. The van der Waals surface area contributed by atoms with Crippen LogP contribution >= 0.6 is 12.4 Å². The maximum absolute atomic E-state index is 4.29. The Bertz CT molecular complexity index is 269. The van der Waals surface area contributed by atoms with Crippen molar-refractivity contribution in [2.24, 2.45) is 0 Å². The second kappa shape index (κ2) is 4.46. The Morgan fingerprint density at radius 3 is 2.25 bits per heavy atom. The normalized spacial score (nSPS) is 9.33. The molecule has 0 aromatic carbocycles. The molecule has 0 saturated carbocycles. The Morgan fingerprint density at radius 2 is 1.83 bits per heavy atom. The largest absolute Gasteiger partial charge is 0.261 e. The molecule has 0 aliphatic rings. The van der Waals surface area contributed by atoms with Gasteiger partial charge in [0.15, 0.2) is 0 Å². The highest BCUT2D eigenvalue weighted by molar-refractivity contribution is 5.85. The molecule has 1 aromatic heterocycles. The molecule has 0 N–H and O–H groups in total. The molecule has 0 aliphatic carbocycles. The minimum atomic E-state index is 0. The molecular formula is C10H16ClN. The molecule has 0 saturated heterocycles. The third kappa shape index (κ3) is 1.98. The number of aryl methyl sites for hydroxylation is 2. The zero-order valence-corrected chi connectivity index (χ0v) is 8.96. The first-order chi connectivity index (χ1) is 5.16. The highest BCUT2D eigenvalue weighted by Crippen LogP contribution is 2.15. The fraction of sp³-hybridized carbons (Fsp3) is 0.500. The molecule has 0 radical (unpaired) electrons. The molecule has 68 valence electrons. The van der Waals surface area contributed by atoms with Crippen LogP contribution in [-0.4, -0.2) is 4.98 Å². The zero-order valence-electron chi connectivity index (χ0n) is 8.14. The summed E-state index contributed by atoms with van der Waals surface area (Å²) in [7, 11) is 0. The number of pyridine rings is 1. The van der Waals surface area contributed by atoms with Gasteiger partial charge >= 0.3 is 0 Å². The first kappa shape index (κ1) is 11.4. The van der Waals surface area contributed by atoms with Crippen molar-refractivity contribution >= 4 is 12.4 Å². The van der Waals surface area contributed by atoms with E-state index in [0.717, 1.165) is 12.1 Å². The van der Waals surface area contributed by atoms with Gasteiger partial charge in [0.2, 0.25) is 0 Å². The summed E-state index contributed by atoms with van der Waals surface area (Å²) < 4.78 is 0. The molecule has 1 nitrogen and oxygen atoms in total. The molecule has 12 heavy (non-hydrogen) atoms. The smallest absolute Gasteiger partial charge is 0.0404 e. The van der Waals surface area contributed by atoms with Gasteiger partial charge in [0, 0.05) is 11.9 Å². The molecule has 0 fully saturated rings. The molecular weight excluding hydrogens is 170 g/mol. The van der Waals surface area contributed by atoms with Crippen LogP contribution in [0.15, 0.2) is 6.20 Å². The molecule has 1 heterocycles. The molecule has 0 bridgehead atoms. The second-order valence-electron chi connectivity index (χ2n) is 2.98.